The van der Waals surface area contributed by atoms with Crippen LogP contribution in [0.4, 0.5) is 0 Å². The van der Waals surface area contributed by atoms with Gasteiger partial charge in [-0.3, -0.25) is 4.90 Å². The maximum absolute atomic E-state index is 5.77. The highest BCUT2D eigenvalue weighted by atomic mass is 32.1. The molecule has 7 heteroatoms. The summed E-state index contributed by atoms with van der Waals surface area (Å²) in [6, 6.07) is 7.04. The van der Waals surface area contributed by atoms with Crippen LogP contribution in [0.15, 0.2) is 29.0 Å². The Bertz CT molecular complexity index is 961. The van der Waals surface area contributed by atoms with Crippen LogP contribution in [0, 0.1) is 4.77 Å². The van der Waals surface area contributed by atoms with Crippen LogP contribution >= 0.6 is 34.9 Å². The Balaban J connectivity index is 1.51. The monoisotopic (exact) mass is 402 g/mol. The van der Waals surface area contributed by atoms with Crippen molar-refractivity contribution in [2.45, 2.75) is 51.4 Å². The van der Waals surface area contributed by atoms with Crippen molar-refractivity contribution in [1.82, 2.24) is 19.2 Å². The topological polar surface area (TPSA) is 26.0 Å². The van der Waals surface area contributed by atoms with E-state index in [1.807, 2.05) is 22.7 Å². The third-order valence-corrected chi connectivity index (χ3v) is 7.76. The Morgan fingerprint density at radius 3 is 2.85 bits per heavy atom. The molecule has 0 aromatic carbocycles. The lowest BCUT2D eigenvalue weighted by atomic mass is 9.99. The van der Waals surface area contributed by atoms with Crippen molar-refractivity contribution in [3.63, 3.8) is 0 Å². The zero-order chi connectivity index (χ0) is 17.7. The normalized spacial score (nSPS) is 20.4. The first kappa shape index (κ1) is 16.9. The number of fused-ring (bicyclic) bond motifs is 1. The fourth-order valence-electron chi connectivity index (χ4n) is 3.96. The lowest BCUT2D eigenvalue weighted by molar-refractivity contribution is 0.158. The van der Waals surface area contributed by atoms with Gasteiger partial charge in [-0.1, -0.05) is 6.07 Å². The molecule has 0 unspecified atom stereocenters. The SMILES string of the molecule is CCn1c(C2CC2)nn(CN2CCc3sccc3[C@H]2c2cccs2)c1=S. The average Bonchev–Trinajstić information content (AvgIpc) is 3.06. The molecule has 0 bridgehead atoms. The second-order valence-electron chi connectivity index (χ2n) is 7.08. The van der Waals surface area contributed by atoms with Crippen LogP contribution in [-0.4, -0.2) is 25.8 Å². The van der Waals surface area contributed by atoms with Gasteiger partial charge in [0.2, 0.25) is 0 Å². The highest BCUT2D eigenvalue weighted by molar-refractivity contribution is 7.71. The van der Waals surface area contributed by atoms with Gasteiger partial charge < -0.3 is 4.57 Å². The summed E-state index contributed by atoms with van der Waals surface area (Å²) >= 11 is 9.50. The molecule has 1 aliphatic carbocycles. The fourth-order valence-corrected chi connectivity index (χ4v) is 6.06. The molecule has 4 heterocycles. The molecule has 0 spiro atoms. The molecular weight excluding hydrogens is 380 g/mol. The van der Waals surface area contributed by atoms with E-state index in [1.165, 1.54) is 34.0 Å². The van der Waals surface area contributed by atoms with Crippen molar-refractivity contribution in [3.8, 4) is 0 Å². The molecule has 1 saturated carbocycles. The van der Waals surface area contributed by atoms with Crippen LogP contribution in [0.1, 0.15) is 52.9 Å². The molecule has 1 fully saturated rings. The van der Waals surface area contributed by atoms with Crippen LogP contribution in [0.3, 0.4) is 0 Å². The second-order valence-corrected chi connectivity index (χ2v) is 9.42. The lowest BCUT2D eigenvalue weighted by Crippen LogP contribution is -2.36. The molecule has 1 aliphatic heterocycles. The summed E-state index contributed by atoms with van der Waals surface area (Å²) in [4.78, 5) is 5.48. The average molecular weight is 403 g/mol. The van der Waals surface area contributed by atoms with Gasteiger partial charge in [0.25, 0.3) is 0 Å². The molecule has 136 valence electrons. The summed E-state index contributed by atoms with van der Waals surface area (Å²) in [7, 11) is 0. The Morgan fingerprint density at radius 1 is 1.23 bits per heavy atom. The van der Waals surface area contributed by atoms with Crippen LogP contribution in [0.5, 0.6) is 0 Å². The zero-order valence-corrected chi connectivity index (χ0v) is 17.2. The van der Waals surface area contributed by atoms with Gasteiger partial charge in [-0.2, -0.15) is 5.10 Å². The zero-order valence-electron chi connectivity index (χ0n) is 14.8. The number of rotatable bonds is 5. The summed E-state index contributed by atoms with van der Waals surface area (Å²) in [5.74, 6) is 1.81. The highest BCUT2D eigenvalue weighted by Crippen LogP contribution is 2.41. The van der Waals surface area contributed by atoms with E-state index in [-0.39, 0.29) is 0 Å². The number of hydrogen-bond acceptors (Lipinski definition) is 5. The Labute approximate surface area is 166 Å². The quantitative estimate of drug-likeness (QED) is 0.559. The van der Waals surface area contributed by atoms with Gasteiger partial charge in [-0.25, -0.2) is 4.68 Å². The molecular formula is C19H22N4S3. The molecule has 26 heavy (non-hydrogen) atoms. The van der Waals surface area contributed by atoms with Gasteiger partial charge in [-0.05, 0) is 66.9 Å². The lowest BCUT2D eigenvalue weighted by Gasteiger charge is -2.35. The van der Waals surface area contributed by atoms with Crippen molar-refractivity contribution < 1.29 is 0 Å². The molecule has 0 saturated heterocycles. The molecule has 5 rings (SSSR count). The van der Waals surface area contributed by atoms with Crippen molar-refractivity contribution in [1.29, 1.82) is 0 Å². The summed E-state index contributed by atoms with van der Waals surface area (Å²) in [5.41, 5.74) is 1.47. The van der Waals surface area contributed by atoms with E-state index < -0.39 is 0 Å². The minimum Gasteiger partial charge on any atom is -0.304 e. The molecule has 3 aromatic rings. The summed E-state index contributed by atoms with van der Waals surface area (Å²) in [6.45, 7) is 4.90. The molecule has 3 aromatic heterocycles. The van der Waals surface area contributed by atoms with E-state index >= 15 is 0 Å². The van der Waals surface area contributed by atoms with Gasteiger partial charge in [0, 0.05) is 28.8 Å². The first-order chi connectivity index (χ1) is 12.8. The first-order valence-electron chi connectivity index (χ1n) is 9.27. The van der Waals surface area contributed by atoms with Gasteiger partial charge in [0.15, 0.2) is 4.77 Å². The standard InChI is InChI=1S/C19H22N4S3/c1-2-22-18(13-5-6-13)20-23(19(22)24)12-21-9-7-15-14(8-11-26-15)17(21)16-4-3-10-25-16/h3-4,8,10-11,13,17H,2,5-7,9,12H2,1H3/t17-/m0/s1. The predicted octanol–water partition coefficient (Wildman–Crippen LogP) is 5.04. The third kappa shape index (κ3) is 2.81. The predicted molar refractivity (Wildman–Crippen MR) is 110 cm³/mol. The minimum absolute atomic E-state index is 0.322. The van der Waals surface area contributed by atoms with Crippen molar-refractivity contribution in [2.24, 2.45) is 0 Å². The molecule has 0 N–H and O–H groups in total. The van der Waals surface area contributed by atoms with Crippen molar-refractivity contribution >= 4 is 34.9 Å². The molecule has 4 nitrogen and oxygen atoms in total. The largest absolute Gasteiger partial charge is 0.304 e. The van der Waals surface area contributed by atoms with Crippen LogP contribution in [0.25, 0.3) is 0 Å². The van der Waals surface area contributed by atoms with Gasteiger partial charge >= 0.3 is 0 Å². The van der Waals surface area contributed by atoms with E-state index in [0.717, 1.165) is 31.0 Å². The van der Waals surface area contributed by atoms with Gasteiger partial charge in [0.05, 0.1) is 12.7 Å². The number of nitrogens with zero attached hydrogens (tertiary/aromatic N) is 4. The number of hydrogen-bond donors (Lipinski definition) is 0. The third-order valence-electron chi connectivity index (χ3n) is 5.40. The molecule has 0 radical (unpaired) electrons. The highest BCUT2D eigenvalue weighted by Gasteiger charge is 2.33. The summed E-state index contributed by atoms with van der Waals surface area (Å²) in [5, 5.41) is 9.35. The fraction of sp³-hybridized carbons (Fsp3) is 0.474. The smallest absolute Gasteiger partial charge is 0.199 e. The van der Waals surface area contributed by atoms with Crippen LogP contribution in [-0.2, 0) is 19.6 Å². The number of aromatic nitrogens is 3. The maximum Gasteiger partial charge on any atom is 0.199 e. The van der Waals surface area contributed by atoms with Crippen LogP contribution in [0.2, 0.25) is 0 Å². The van der Waals surface area contributed by atoms with E-state index in [1.54, 1.807) is 0 Å². The van der Waals surface area contributed by atoms with Crippen LogP contribution < -0.4 is 0 Å². The van der Waals surface area contributed by atoms with Crippen molar-refractivity contribution in [2.75, 3.05) is 6.54 Å². The second kappa shape index (κ2) is 6.71. The van der Waals surface area contributed by atoms with E-state index in [4.69, 9.17) is 17.3 Å². The van der Waals surface area contributed by atoms with Gasteiger partial charge in [-0.15, -0.1) is 22.7 Å². The maximum atomic E-state index is 5.77. The molecule has 2 aliphatic rings. The Kier molecular flexibility index (Phi) is 4.35. The van der Waals surface area contributed by atoms with E-state index in [0.29, 0.717) is 12.0 Å². The minimum atomic E-state index is 0.322. The number of thiophene rings is 2. The summed E-state index contributed by atoms with van der Waals surface area (Å²) in [6.07, 6.45) is 3.63. The van der Waals surface area contributed by atoms with Crippen molar-refractivity contribution in [3.05, 3.63) is 54.9 Å². The molecule has 0 amide bonds. The summed E-state index contributed by atoms with van der Waals surface area (Å²) < 4.78 is 5.16. The van der Waals surface area contributed by atoms with Gasteiger partial charge in [0.1, 0.15) is 5.82 Å². The molecule has 1 atom stereocenters. The van der Waals surface area contributed by atoms with E-state index in [9.17, 15) is 0 Å². The van der Waals surface area contributed by atoms with E-state index in [2.05, 4.69) is 50.0 Å². The first-order valence-corrected chi connectivity index (χ1v) is 11.4. The Hall–Kier alpha value is -1.28. The Morgan fingerprint density at radius 2 is 2.12 bits per heavy atom.